The summed E-state index contributed by atoms with van der Waals surface area (Å²) in [7, 11) is 1.38. The molecule has 33 heavy (non-hydrogen) atoms. The molecule has 1 aromatic carbocycles. The number of Topliss-reactive ketones (excluding diaryl/α,β-unsaturated/α-hetero) is 1. The fourth-order valence-electron chi connectivity index (χ4n) is 3.83. The Morgan fingerprint density at radius 2 is 2.12 bits per heavy atom. The Labute approximate surface area is 208 Å². The van der Waals surface area contributed by atoms with Crippen LogP contribution in [0, 0.1) is 5.92 Å². The summed E-state index contributed by atoms with van der Waals surface area (Å²) in [5.74, 6) is 1.48. The van der Waals surface area contributed by atoms with E-state index in [0.717, 1.165) is 24.3 Å². The molecule has 0 aliphatic heterocycles. The first kappa shape index (κ1) is 26.3. The van der Waals surface area contributed by atoms with Gasteiger partial charge in [0.25, 0.3) is 0 Å². The predicted octanol–water partition coefficient (Wildman–Crippen LogP) is 4.49. The number of benzene rings is 1. The van der Waals surface area contributed by atoms with Gasteiger partial charge in [-0.3, -0.25) is 9.59 Å². The van der Waals surface area contributed by atoms with Crippen molar-refractivity contribution >= 4 is 56.7 Å². The molecule has 1 aliphatic rings. The third kappa shape index (κ3) is 7.86. The minimum absolute atomic E-state index is 0.0642. The van der Waals surface area contributed by atoms with Crippen LogP contribution in [0.2, 0.25) is 0 Å². The van der Waals surface area contributed by atoms with Crippen molar-refractivity contribution in [1.82, 2.24) is 0 Å². The molecule has 1 aliphatic carbocycles. The fraction of sp³-hybridized carbons (Fsp3) is 0.520. The van der Waals surface area contributed by atoms with Crippen LogP contribution < -0.4 is 0 Å². The molecule has 1 saturated carbocycles. The van der Waals surface area contributed by atoms with Crippen molar-refractivity contribution in [3.63, 3.8) is 0 Å². The minimum Gasteiger partial charge on any atom is -0.468 e. The Bertz CT molecular complexity index is 935. The van der Waals surface area contributed by atoms with Crippen LogP contribution in [0.1, 0.15) is 31.1 Å². The van der Waals surface area contributed by atoms with Crippen molar-refractivity contribution in [1.29, 1.82) is 0 Å². The number of hydrogen-bond donors (Lipinski definition) is 2. The van der Waals surface area contributed by atoms with Crippen LogP contribution in [0.3, 0.4) is 0 Å². The first-order valence-corrected chi connectivity index (χ1v) is 14.2. The molecule has 180 valence electrons. The van der Waals surface area contributed by atoms with E-state index in [1.807, 2.05) is 18.2 Å². The molecule has 3 rings (SSSR count). The number of rotatable bonds is 12. The van der Waals surface area contributed by atoms with Gasteiger partial charge in [0.15, 0.2) is 0 Å². The molecule has 0 radical (unpaired) electrons. The average molecular weight is 509 g/mol. The summed E-state index contributed by atoms with van der Waals surface area (Å²) in [5, 5.41) is 22.2. The molecule has 0 bridgehead atoms. The van der Waals surface area contributed by atoms with E-state index in [1.165, 1.54) is 33.8 Å². The molecule has 1 fully saturated rings. The number of aliphatic hydroxyl groups excluding tert-OH is 1. The Hall–Kier alpha value is -1.32. The summed E-state index contributed by atoms with van der Waals surface area (Å²) < 4.78 is 5.87. The number of aliphatic hydroxyl groups is 2. The van der Waals surface area contributed by atoms with Crippen LogP contribution in [0.15, 0.2) is 42.5 Å². The fourth-order valence-corrected chi connectivity index (χ4v) is 7.20. The number of methoxy groups -OCH3 is 1. The molecule has 8 heteroatoms. The third-order valence-electron chi connectivity index (χ3n) is 5.73. The molecule has 4 atom stereocenters. The molecule has 5 nitrogen and oxygen atoms in total. The van der Waals surface area contributed by atoms with Gasteiger partial charge in [-0.15, -0.1) is 23.1 Å². The number of ether oxygens (including phenoxy) is 1. The van der Waals surface area contributed by atoms with Crippen LogP contribution in [-0.4, -0.2) is 63.3 Å². The largest absolute Gasteiger partial charge is 0.468 e. The monoisotopic (exact) mass is 508 g/mol. The van der Waals surface area contributed by atoms with Gasteiger partial charge in [-0.1, -0.05) is 30.4 Å². The van der Waals surface area contributed by atoms with Crippen molar-refractivity contribution in [3.05, 3.63) is 47.4 Å². The second-order valence-electron chi connectivity index (χ2n) is 8.56. The van der Waals surface area contributed by atoms with Gasteiger partial charge in [0.05, 0.1) is 29.8 Å². The lowest BCUT2D eigenvalue weighted by Gasteiger charge is -2.22. The zero-order chi connectivity index (χ0) is 23.8. The van der Waals surface area contributed by atoms with Crippen LogP contribution in [-0.2, 0) is 20.7 Å². The third-order valence-corrected chi connectivity index (χ3v) is 9.38. The maximum absolute atomic E-state index is 12.4. The lowest BCUT2D eigenvalue weighted by molar-refractivity contribution is -0.137. The highest BCUT2D eigenvalue weighted by molar-refractivity contribution is 8.01. The van der Waals surface area contributed by atoms with Gasteiger partial charge in [0, 0.05) is 21.9 Å². The Morgan fingerprint density at radius 1 is 1.33 bits per heavy atom. The van der Waals surface area contributed by atoms with Gasteiger partial charge < -0.3 is 14.9 Å². The second-order valence-corrected chi connectivity index (χ2v) is 12.1. The quantitative estimate of drug-likeness (QED) is 0.248. The number of carbonyl (C=O) groups is 2. The SMILES string of the molecule is COC(=O)CSCCCS[C@H]1C(=O)C[C@@H](O)[C@@H]1/C=C/[C@@](C)(O)CCc1cc2ccccc2s1. The van der Waals surface area contributed by atoms with Gasteiger partial charge in [-0.2, -0.15) is 11.8 Å². The Balaban J connectivity index is 1.49. The maximum Gasteiger partial charge on any atom is 0.315 e. The number of fused-ring (bicyclic) bond motifs is 1. The van der Waals surface area contributed by atoms with Gasteiger partial charge in [0.1, 0.15) is 5.78 Å². The Kier molecular flexibility index (Phi) is 9.88. The highest BCUT2D eigenvalue weighted by Gasteiger charge is 2.40. The van der Waals surface area contributed by atoms with Crippen LogP contribution in [0.4, 0.5) is 0 Å². The number of carbonyl (C=O) groups excluding carboxylic acids is 2. The highest BCUT2D eigenvalue weighted by atomic mass is 32.2. The van der Waals surface area contributed by atoms with E-state index in [1.54, 1.807) is 36.1 Å². The van der Waals surface area contributed by atoms with Crippen LogP contribution >= 0.6 is 34.9 Å². The summed E-state index contributed by atoms with van der Waals surface area (Å²) in [6.45, 7) is 1.78. The van der Waals surface area contributed by atoms with E-state index in [0.29, 0.717) is 12.2 Å². The number of thioether (sulfide) groups is 2. The molecule has 0 saturated heterocycles. The maximum atomic E-state index is 12.4. The lowest BCUT2D eigenvalue weighted by atomic mass is 9.95. The zero-order valence-electron chi connectivity index (χ0n) is 19.1. The van der Waals surface area contributed by atoms with Crippen molar-refractivity contribution in [2.45, 2.75) is 49.6 Å². The van der Waals surface area contributed by atoms with Crippen molar-refractivity contribution in [2.24, 2.45) is 5.92 Å². The molecule has 2 aromatic rings. The first-order valence-electron chi connectivity index (χ1n) is 11.2. The summed E-state index contributed by atoms with van der Waals surface area (Å²) in [5.41, 5.74) is -1.01. The van der Waals surface area contributed by atoms with E-state index >= 15 is 0 Å². The smallest absolute Gasteiger partial charge is 0.315 e. The van der Waals surface area contributed by atoms with Gasteiger partial charge in [-0.25, -0.2) is 0 Å². The topological polar surface area (TPSA) is 83.8 Å². The summed E-state index contributed by atoms with van der Waals surface area (Å²) >= 11 is 4.83. The standard InChI is InChI=1S/C25H32O5S3/c1-25(29,10-8-18-14-17-6-3-4-7-22(17)33-18)11-9-19-20(26)15-21(27)24(19)32-13-5-12-31-16-23(28)30-2/h3-4,6-7,9,11,14,19-20,24,26,29H,5,8,10,12-13,15-16H2,1-2H3/b11-9+/t19-,20+,24+,25-/m0/s1. The first-order chi connectivity index (χ1) is 15.8. The van der Waals surface area contributed by atoms with Gasteiger partial charge in [0.2, 0.25) is 0 Å². The second kappa shape index (κ2) is 12.4. The minimum atomic E-state index is -1.01. The van der Waals surface area contributed by atoms with Crippen LogP contribution in [0.5, 0.6) is 0 Å². The predicted molar refractivity (Wildman–Crippen MR) is 139 cm³/mol. The number of esters is 1. The zero-order valence-corrected chi connectivity index (χ0v) is 21.5. The number of aryl methyl sites for hydroxylation is 1. The summed E-state index contributed by atoms with van der Waals surface area (Å²) in [4.78, 5) is 24.8. The molecule has 2 N–H and O–H groups in total. The van der Waals surface area contributed by atoms with Gasteiger partial charge >= 0.3 is 5.97 Å². The van der Waals surface area contributed by atoms with E-state index in [9.17, 15) is 19.8 Å². The van der Waals surface area contributed by atoms with E-state index < -0.39 is 11.7 Å². The van der Waals surface area contributed by atoms with E-state index in [-0.39, 0.29) is 29.3 Å². The normalized spacial score (nSPS) is 22.8. The number of thiophene rings is 1. The molecule has 0 amide bonds. The van der Waals surface area contributed by atoms with Crippen molar-refractivity contribution in [2.75, 3.05) is 24.4 Å². The molecular formula is C25H32O5S3. The molecular weight excluding hydrogens is 476 g/mol. The van der Waals surface area contributed by atoms with Crippen molar-refractivity contribution < 1.29 is 24.5 Å². The lowest BCUT2D eigenvalue weighted by Crippen LogP contribution is -2.25. The molecule has 1 heterocycles. The molecule has 1 aromatic heterocycles. The van der Waals surface area contributed by atoms with Crippen molar-refractivity contribution in [3.8, 4) is 0 Å². The molecule has 0 unspecified atom stereocenters. The summed E-state index contributed by atoms with van der Waals surface area (Å²) in [6, 6.07) is 10.4. The highest BCUT2D eigenvalue weighted by Crippen LogP contribution is 2.35. The van der Waals surface area contributed by atoms with Crippen LogP contribution in [0.25, 0.3) is 10.1 Å². The summed E-state index contributed by atoms with van der Waals surface area (Å²) in [6.07, 6.45) is 5.25. The van der Waals surface area contributed by atoms with Gasteiger partial charge in [-0.05, 0) is 55.2 Å². The van der Waals surface area contributed by atoms with E-state index in [2.05, 4.69) is 22.9 Å². The molecule has 0 spiro atoms. The number of ketones is 1. The average Bonchev–Trinajstić information content (AvgIpc) is 3.32. The number of hydrogen-bond acceptors (Lipinski definition) is 8. The van der Waals surface area contributed by atoms with E-state index in [4.69, 9.17) is 0 Å². The Morgan fingerprint density at radius 3 is 2.88 bits per heavy atom.